The molecule has 1 heterocycles. The highest BCUT2D eigenvalue weighted by atomic mass is 79.9. The van der Waals surface area contributed by atoms with Crippen LogP contribution in [0.3, 0.4) is 0 Å². The molecule has 0 spiro atoms. The number of phenols is 1. The van der Waals surface area contributed by atoms with E-state index in [1.165, 1.54) is 24.7 Å². The van der Waals surface area contributed by atoms with Crippen molar-refractivity contribution < 1.29 is 9.90 Å². The van der Waals surface area contributed by atoms with E-state index < -0.39 is 0 Å². The van der Waals surface area contributed by atoms with Gasteiger partial charge in [0.2, 0.25) is 0 Å². The molecule has 0 aliphatic heterocycles. The first-order valence-electron chi connectivity index (χ1n) is 5.39. The highest BCUT2D eigenvalue weighted by Gasteiger charge is 2.02. The summed E-state index contributed by atoms with van der Waals surface area (Å²) in [6, 6.07) is 7.97. The molecular formula is C13H10BrN3O2. The van der Waals surface area contributed by atoms with Crippen LogP contribution in [0.25, 0.3) is 0 Å². The molecule has 1 aromatic carbocycles. The van der Waals surface area contributed by atoms with E-state index in [0.29, 0.717) is 11.1 Å². The third-order valence-electron chi connectivity index (χ3n) is 2.29. The number of carbonyl (C=O) groups excluding carboxylic acids is 1. The third kappa shape index (κ3) is 3.62. The van der Waals surface area contributed by atoms with Crippen LogP contribution in [0, 0.1) is 0 Å². The van der Waals surface area contributed by atoms with Crippen LogP contribution in [0.15, 0.2) is 52.3 Å². The maximum Gasteiger partial charge on any atom is 0.271 e. The first-order chi connectivity index (χ1) is 9.16. The van der Waals surface area contributed by atoms with Crippen molar-refractivity contribution in [3.63, 3.8) is 0 Å². The summed E-state index contributed by atoms with van der Waals surface area (Å²) in [6.45, 7) is 0. The number of pyridine rings is 1. The number of halogens is 1. The molecule has 0 atom stereocenters. The molecule has 0 saturated carbocycles. The van der Waals surface area contributed by atoms with Crippen molar-refractivity contribution in [3.05, 3.63) is 58.3 Å². The molecule has 6 heteroatoms. The van der Waals surface area contributed by atoms with Crippen LogP contribution < -0.4 is 5.43 Å². The molecule has 1 amide bonds. The normalized spacial score (nSPS) is 10.6. The van der Waals surface area contributed by atoms with Crippen molar-refractivity contribution in [3.8, 4) is 5.75 Å². The predicted molar refractivity (Wildman–Crippen MR) is 75.1 cm³/mol. The Balaban J connectivity index is 2.04. The molecule has 0 aliphatic rings. The van der Waals surface area contributed by atoms with Gasteiger partial charge in [0.1, 0.15) is 5.75 Å². The largest absolute Gasteiger partial charge is 0.508 e. The summed E-state index contributed by atoms with van der Waals surface area (Å²) >= 11 is 3.32. The van der Waals surface area contributed by atoms with Gasteiger partial charge in [-0.25, -0.2) is 5.43 Å². The maximum absolute atomic E-state index is 11.7. The Labute approximate surface area is 118 Å². The van der Waals surface area contributed by atoms with Crippen molar-refractivity contribution in [1.29, 1.82) is 0 Å². The standard InChI is InChI=1S/C13H10BrN3O2/c14-12-2-1-11(18)7-10(12)8-16-17-13(19)9-3-5-15-6-4-9/h1-8,18H,(H,17,19)/b16-8+. The maximum atomic E-state index is 11.7. The van der Waals surface area contributed by atoms with Gasteiger partial charge in [0.25, 0.3) is 5.91 Å². The van der Waals surface area contributed by atoms with E-state index in [-0.39, 0.29) is 11.7 Å². The van der Waals surface area contributed by atoms with E-state index in [0.717, 1.165) is 4.47 Å². The lowest BCUT2D eigenvalue weighted by molar-refractivity contribution is 0.0955. The second kappa shape index (κ2) is 6.10. The van der Waals surface area contributed by atoms with E-state index >= 15 is 0 Å². The third-order valence-corrected chi connectivity index (χ3v) is 3.01. The summed E-state index contributed by atoms with van der Waals surface area (Å²) in [5.41, 5.74) is 3.53. The number of hydrazone groups is 1. The van der Waals surface area contributed by atoms with Crippen LogP contribution in [-0.2, 0) is 0 Å². The Kier molecular flexibility index (Phi) is 4.25. The van der Waals surface area contributed by atoms with Crippen LogP contribution in [-0.4, -0.2) is 22.2 Å². The zero-order valence-electron chi connectivity index (χ0n) is 9.75. The number of nitrogens with zero attached hydrogens (tertiary/aromatic N) is 2. The highest BCUT2D eigenvalue weighted by molar-refractivity contribution is 9.10. The molecule has 0 fully saturated rings. The van der Waals surface area contributed by atoms with Crippen molar-refractivity contribution in [1.82, 2.24) is 10.4 Å². The lowest BCUT2D eigenvalue weighted by atomic mass is 10.2. The number of nitrogens with one attached hydrogen (secondary N) is 1. The van der Waals surface area contributed by atoms with Gasteiger partial charge in [-0.05, 0) is 30.3 Å². The molecule has 0 saturated heterocycles. The van der Waals surface area contributed by atoms with E-state index in [1.54, 1.807) is 24.3 Å². The van der Waals surface area contributed by atoms with Crippen molar-refractivity contribution in [2.24, 2.45) is 5.10 Å². The van der Waals surface area contributed by atoms with Gasteiger partial charge in [0.15, 0.2) is 0 Å². The molecule has 2 rings (SSSR count). The molecule has 96 valence electrons. The predicted octanol–water partition coefficient (Wildman–Crippen LogP) is 2.31. The van der Waals surface area contributed by atoms with Gasteiger partial charge < -0.3 is 5.11 Å². The zero-order chi connectivity index (χ0) is 13.7. The van der Waals surface area contributed by atoms with Crippen LogP contribution >= 0.6 is 15.9 Å². The smallest absolute Gasteiger partial charge is 0.271 e. The monoisotopic (exact) mass is 319 g/mol. The Morgan fingerprint density at radius 1 is 1.32 bits per heavy atom. The van der Waals surface area contributed by atoms with Gasteiger partial charge in [-0.2, -0.15) is 5.10 Å². The minimum Gasteiger partial charge on any atom is -0.508 e. The Morgan fingerprint density at radius 2 is 2.05 bits per heavy atom. The molecule has 0 aliphatic carbocycles. The molecular weight excluding hydrogens is 310 g/mol. The van der Waals surface area contributed by atoms with E-state index in [4.69, 9.17) is 0 Å². The summed E-state index contributed by atoms with van der Waals surface area (Å²) < 4.78 is 0.771. The molecule has 5 nitrogen and oxygen atoms in total. The van der Waals surface area contributed by atoms with Crippen molar-refractivity contribution in [2.75, 3.05) is 0 Å². The van der Waals surface area contributed by atoms with Crippen molar-refractivity contribution >= 4 is 28.1 Å². The SMILES string of the molecule is O=C(N/N=C/c1cc(O)ccc1Br)c1ccncc1. The van der Waals surface area contributed by atoms with Crippen LogP contribution in [0.2, 0.25) is 0 Å². The molecule has 0 radical (unpaired) electrons. The van der Waals surface area contributed by atoms with E-state index in [9.17, 15) is 9.90 Å². The zero-order valence-corrected chi connectivity index (χ0v) is 11.3. The van der Waals surface area contributed by atoms with Gasteiger partial charge >= 0.3 is 0 Å². The molecule has 0 bridgehead atoms. The van der Waals surface area contributed by atoms with Gasteiger partial charge in [-0.3, -0.25) is 9.78 Å². The summed E-state index contributed by atoms with van der Waals surface area (Å²) in [5, 5.41) is 13.2. The number of hydrogen-bond acceptors (Lipinski definition) is 4. The molecule has 2 aromatic rings. The van der Waals surface area contributed by atoms with E-state index in [1.807, 2.05) is 0 Å². The number of aromatic hydroxyl groups is 1. The van der Waals surface area contributed by atoms with Crippen LogP contribution in [0.5, 0.6) is 5.75 Å². The summed E-state index contributed by atoms with van der Waals surface area (Å²) in [4.78, 5) is 15.5. The van der Waals surface area contributed by atoms with Crippen molar-refractivity contribution in [2.45, 2.75) is 0 Å². The van der Waals surface area contributed by atoms with Gasteiger partial charge in [0, 0.05) is 28.0 Å². The number of phenolic OH excluding ortho intramolecular Hbond substituents is 1. The number of aromatic nitrogens is 1. The van der Waals surface area contributed by atoms with Gasteiger partial charge in [-0.15, -0.1) is 0 Å². The average Bonchev–Trinajstić information content (AvgIpc) is 2.43. The fourth-order valence-corrected chi connectivity index (χ4v) is 1.71. The summed E-state index contributed by atoms with van der Waals surface area (Å²) in [7, 11) is 0. The molecule has 0 unspecified atom stereocenters. The second-order valence-electron chi connectivity index (χ2n) is 3.64. The van der Waals surface area contributed by atoms with E-state index in [2.05, 4.69) is 31.4 Å². The molecule has 2 N–H and O–H groups in total. The number of amides is 1. The topological polar surface area (TPSA) is 74.6 Å². The highest BCUT2D eigenvalue weighted by Crippen LogP contribution is 2.19. The van der Waals surface area contributed by atoms with Gasteiger partial charge in [-0.1, -0.05) is 15.9 Å². The second-order valence-corrected chi connectivity index (χ2v) is 4.50. The quantitative estimate of drug-likeness (QED) is 0.673. The minimum atomic E-state index is -0.324. The number of hydrogen-bond donors (Lipinski definition) is 2. The summed E-state index contributed by atoms with van der Waals surface area (Å²) in [5.74, 6) is -0.194. The fraction of sp³-hybridized carbons (Fsp3) is 0. The Bertz CT molecular complexity index is 615. The van der Waals surface area contributed by atoms with Gasteiger partial charge in [0.05, 0.1) is 6.21 Å². The molecule has 1 aromatic heterocycles. The lowest BCUT2D eigenvalue weighted by Gasteiger charge is -2.00. The Morgan fingerprint density at radius 3 is 2.79 bits per heavy atom. The lowest BCUT2D eigenvalue weighted by Crippen LogP contribution is -2.17. The first kappa shape index (κ1) is 13.2. The number of benzene rings is 1. The number of rotatable bonds is 3. The van der Waals surface area contributed by atoms with Crippen LogP contribution in [0.1, 0.15) is 15.9 Å². The van der Waals surface area contributed by atoms with Crippen LogP contribution in [0.4, 0.5) is 0 Å². The fourth-order valence-electron chi connectivity index (χ4n) is 1.36. The first-order valence-corrected chi connectivity index (χ1v) is 6.18. The summed E-state index contributed by atoms with van der Waals surface area (Å²) in [6.07, 6.45) is 4.51. The number of carbonyl (C=O) groups is 1. The minimum absolute atomic E-state index is 0.130. The molecule has 19 heavy (non-hydrogen) atoms. The Hall–Kier alpha value is -2.21. The average molecular weight is 320 g/mol.